The first-order valence-corrected chi connectivity index (χ1v) is 8.36. The van der Waals surface area contributed by atoms with Crippen LogP contribution >= 0.6 is 0 Å². The third-order valence-corrected chi connectivity index (χ3v) is 4.56. The monoisotopic (exact) mass is 327 g/mol. The summed E-state index contributed by atoms with van der Waals surface area (Å²) in [7, 11) is 4.24. The summed E-state index contributed by atoms with van der Waals surface area (Å²) in [5, 5.41) is 18.3. The minimum Gasteiger partial charge on any atom is -0.507 e. The van der Waals surface area contributed by atoms with Crippen LogP contribution in [0.5, 0.6) is 5.75 Å². The van der Waals surface area contributed by atoms with Crippen molar-refractivity contribution in [3.63, 3.8) is 0 Å². The van der Waals surface area contributed by atoms with Gasteiger partial charge in [0.25, 0.3) is 0 Å². The fourth-order valence-electron chi connectivity index (χ4n) is 3.34. The highest BCUT2D eigenvalue weighted by Crippen LogP contribution is 2.32. The van der Waals surface area contributed by atoms with E-state index in [4.69, 9.17) is 5.73 Å². The van der Waals surface area contributed by atoms with E-state index in [0.717, 1.165) is 44.1 Å². The fourth-order valence-corrected chi connectivity index (χ4v) is 3.34. The van der Waals surface area contributed by atoms with Crippen molar-refractivity contribution in [1.82, 2.24) is 15.1 Å². The molecule has 1 aromatic heterocycles. The second-order valence-electron chi connectivity index (χ2n) is 6.71. The first-order chi connectivity index (χ1) is 11.5. The van der Waals surface area contributed by atoms with Gasteiger partial charge in [-0.15, -0.1) is 10.2 Å². The van der Waals surface area contributed by atoms with Gasteiger partial charge in [0, 0.05) is 25.2 Å². The molecule has 0 radical (unpaired) electrons. The molecule has 3 N–H and O–H groups in total. The van der Waals surface area contributed by atoms with Gasteiger partial charge in [0.15, 0.2) is 5.82 Å². The number of phenolic OH excluding ortho intramolecular Hbond substituents is 1. The Kier molecular flexibility index (Phi) is 4.85. The third kappa shape index (κ3) is 3.59. The molecule has 24 heavy (non-hydrogen) atoms. The van der Waals surface area contributed by atoms with Crippen molar-refractivity contribution >= 4 is 11.5 Å². The van der Waals surface area contributed by atoms with Crippen LogP contribution in [0.25, 0.3) is 11.3 Å². The van der Waals surface area contributed by atoms with Gasteiger partial charge in [0.2, 0.25) is 0 Å². The topological polar surface area (TPSA) is 78.5 Å². The summed E-state index contributed by atoms with van der Waals surface area (Å²) in [5.41, 5.74) is 8.30. The van der Waals surface area contributed by atoms with Crippen LogP contribution in [-0.4, -0.2) is 53.9 Å². The molecule has 1 aromatic carbocycles. The summed E-state index contributed by atoms with van der Waals surface area (Å²) in [4.78, 5) is 4.53. The third-order valence-electron chi connectivity index (χ3n) is 4.56. The maximum absolute atomic E-state index is 10.0. The molecule has 2 heterocycles. The summed E-state index contributed by atoms with van der Waals surface area (Å²) in [6, 6.07) is 9.09. The lowest BCUT2D eigenvalue weighted by molar-refractivity contribution is 0.285. The van der Waals surface area contributed by atoms with Crippen LogP contribution in [0.15, 0.2) is 30.3 Å². The van der Waals surface area contributed by atoms with Crippen LogP contribution in [0.3, 0.4) is 0 Å². The van der Waals surface area contributed by atoms with E-state index in [0.29, 0.717) is 17.1 Å². The van der Waals surface area contributed by atoms with E-state index in [1.165, 1.54) is 0 Å². The summed E-state index contributed by atoms with van der Waals surface area (Å²) >= 11 is 0. The fraction of sp³-hybridized carbons (Fsp3) is 0.444. The number of phenols is 1. The van der Waals surface area contributed by atoms with E-state index in [9.17, 15) is 5.11 Å². The summed E-state index contributed by atoms with van der Waals surface area (Å²) < 4.78 is 0. The molecule has 3 rings (SSSR count). The van der Waals surface area contributed by atoms with Crippen LogP contribution in [0.4, 0.5) is 11.5 Å². The molecule has 0 aliphatic carbocycles. The van der Waals surface area contributed by atoms with Crippen molar-refractivity contribution in [2.24, 2.45) is 5.92 Å². The lowest BCUT2D eigenvalue weighted by Crippen LogP contribution is -2.37. The summed E-state index contributed by atoms with van der Waals surface area (Å²) in [5.74, 6) is 1.37. The maximum atomic E-state index is 10.0. The largest absolute Gasteiger partial charge is 0.507 e. The normalized spacial score (nSPS) is 15.9. The second-order valence-corrected chi connectivity index (χ2v) is 6.71. The number of nitrogens with two attached hydrogens (primary N) is 1. The number of para-hydroxylation sites is 1. The van der Waals surface area contributed by atoms with Crippen molar-refractivity contribution in [3.8, 4) is 17.0 Å². The van der Waals surface area contributed by atoms with Crippen molar-refractivity contribution in [2.75, 3.05) is 44.4 Å². The Morgan fingerprint density at radius 2 is 1.92 bits per heavy atom. The number of aromatic nitrogens is 2. The molecule has 0 amide bonds. The van der Waals surface area contributed by atoms with Crippen LogP contribution in [0, 0.1) is 5.92 Å². The van der Waals surface area contributed by atoms with Gasteiger partial charge in [-0.25, -0.2) is 0 Å². The molecule has 1 fully saturated rings. The van der Waals surface area contributed by atoms with E-state index in [1.54, 1.807) is 12.1 Å². The Balaban J connectivity index is 1.80. The highest BCUT2D eigenvalue weighted by molar-refractivity contribution is 5.74. The van der Waals surface area contributed by atoms with Crippen molar-refractivity contribution in [1.29, 1.82) is 0 Å². The molecule has 6 nitrogen and oxygen atoms in total. The van der Waals surface area contributed by atoms with E-state index in [-0.39, 0.29) is 5.75 Å². The highest BCUT2D eigenvalue weighted by Gasteiger charge is 2.22. The van der Waals surface area contributed by atoms with Gasteiger partial charge in [0.1, 0.15) is 5.75 Å². The number of benzene rings is 1. The van der Waals surface area contributed by atoms with Gasteiger partial charge < -0.3 is 20.6 Å². The van der Waals surface area contributed by atoms with E-state index < -0.39 is 0 Å². The molecule has 0 bridgehead atoms. The molecule has 0 unspecified atom stereocenters. The zero-order valence-electron chi connectivity index (χ0n) is 14.3. The van der Waals surface area contributed by atoms with Gasteiger partial charge in [0.05, 0.1) is 11.4 Å². The molecule has 2 aromatic rings. The molecule has 1 aliphatic rings. The zero-order valence-corrected chi connectivity index (χ0v) is 14.3. The van der Waals surface area contributed by atoms with E-state index in [1.807, 2.05) is 18.2 Å². The molecule has 1 saturated heterocycles. The first-order valence-electron chi connectivity index (χ1n) is 8.36. The summed E-state index contributed by atoms with van der Waals surface area (Å²) in [6.07, 6.45) is 2.29. The SMILES string of the molecule is CN(C)CC1CCN(c2cc(-c3ccccc3O)nnc2N)CC1. The van der Waals surface area contributed by atoms with Gasteiger partial charge in [-0.2, -0.15) is 0 Å². The van der Waals surface area contributed by atoms with Gasteiger partial charge >= 0.3 is 0 Å². The number of anilines is 2. The Morgan fingerprint density at radius 1 is 1.21 bits per heavy atom. The lowest BCUT2D eigenvalue weighted by atomic mass is 9.96. The standard InChI is InChI=1S/C18H25N5O/c1-22(2)12-13-7-9-23(10-8-13)16-11-15(20-21-18(16)19)14-5-3-4-6-17(14)24/h3-6,11,13,24H,7-10,12H2,1-2H3,(H2,19,21). The van der Waals surface area contributed by atoms with Gasteiger partial charge in [-0.1, -0.05) is 12.1 Å². The van der Waals surface area contributed by atoms with Crippen LogP contribution in [-0.2, 0) is 0 Å². The second kappa shape index (κ2) is 7.05. The quantitative estimate of drug-likeness (QED) is 0.896. The van der Waals surface area contributed by atoms with Crippen LogP contribution in [0.1, 0.15) is 12.8 Å². The Bertz CT molecular complexity index is 696. The maximum Gasteiger partial charge on any atom is 0.169 e. The number of nitrogen functional groups attached to an aromatic ring is 1. The molecule has 0 saturated carbocycles. The highest BCUT2D eigenvalue weighted by atomic mass is 16.3. The summed E-state index contributed by atoms with van der Waals surface area (Å²) in [6.45, 7) is 3.06. The van der Waals surface area contributed by atoms with E-state index >= 15 is 0 Å². The van der Waals surface area contributed by atoms with Crippen molar-refractivity contribution in [2.45, 2.75) is 12.8 Å². The minimum atomic E-state index is 0.201. The van der Waals surface area contributed by atoms with Gasteiger partial charge in [-0.05, 0) is 51.1 Å². The molecule has 6 heteroatoms. The lowest BCUT2D eigenvalue weighted by Gasteiger charge is -2.35. The van der Waals surface area contributed by atoms with Crippen molar-refractivity contribution in [3.05, 3.63) is 30.3 Å². The van der Waals surface area contributed by atoms with Crippen LogP contribution < -0.4 is 10.6 Å². The minimum absolute atomic E-state index is 0.201. The predicted octanol–water partition coefficient (Wildman–Crippen LogP) is 2.21. The smallest absolute Gasteiger partial charge is 0.169 e. The number of hydrogen-bond acceptors (Lipinski definition) is 6. The molecular formula is C18H25N5O. The Morgan fingerprint density at radius 3 is 2.58 bits per heavy atom. The molecular weight excluding hydrogens is 302 g/mol. The van der Waals surface area contributed by atoms with Gasteiger partial charge in [-0.3, -0.25) is 0 Å². The molecule has 0 spiro atoms. The zero-order chi connectivity index (χ0) is 17.1. The average molecular weight is 327 g/mol. The molecule has 1 aliphatic heterocycles. The molecule has 128 valence electrons. The predicted molar refractivity (Wildman–Crippen MR) is 97.0 cm³/mol. The van der Waals surface area contributed by atoms with E-state index in [2.05, 4.69) is 34.1 Å². The Hall–Kier alpha value is -2.34. The number of nitrogens with zero attached hydrogens (tertiary/aromatic N) is 4. The first kappa shape index (κ1) is 16.5. The van der Waals surface area contributed by atoms with Crippen LogP contribution in [0.2, 0.25) is 0 Å². The van der Waals surface area contributed by atoms with Crippen molar-refractivity contribution < 1.29 is 5.11 Å². The number of hydrogen-bond donors (Lipinski definition) is 2. The number of aromatic hydroxyl groups is 1. The Labute approximate surface area is 142 Å². The number of rotatable bonds is 4. The number of piperidine rings is 1. The average Bonchev–Trinajstić information content (AvgIpc) is 2.56. The molecule has 0 atom stereocenters.